The summed E-state index contributed by atoms with van der Waals surface area (Å²) in [6.45, 7) is 12.4. The summed E-state index contributed by atoms with van der Waals surface area (Å²) in [4.78, 5) is 0. The van der Waals surface area contributed by atoms with Crippen molar-refractivity contribution in [3.63, 3.8) is 0 Å². The second-order valence-corrected chi connectivity index (χ2v) is 7.97. The summed E-state index contributed by atoms with van der Waals surface area (Å²) in [5, 5.41) is 1.81. The van der Waals surface area contributed by atoms with Crippen LogP contribution in [0.5, 0.6) is 0 Å². The van der Waals surface area contributed by atoms with Gasteiger partial charge in [0.15, 0.2) is 0 Å². The van der Waals surface area contributed by atoms with Crippen molar-refractivity contribution >= 4 is 8.22 Å². The first kappa shape index (κ1) is 15.5. The first-order chi connectivity index (χ1) is 9.31. The van der Waals surface area contributed by atoms with E-state index in [9.17, 15) is 0 Å². The van der Waals surface area contributed by atoms with Gasteiger partial charge < -0.3 is 0 Å². The van der Waals surface area contributed by atoms with E-state index in [4.69, 9.17) is 0 Å². The Morgan fingerprint density at radius 1 is 0.737 bits per heavy atom. The van der Waals surface area contributed by atoms with Gasteiger partial charge in [0.2, 0.25) is 0 Å². The fraction of sp³-hybridized carbons (Fsp3) is 0.875. The summed E-state index contributed by atoms with van der Waals surface area (Å²) in [7, 11) is -0.131. The Kier molecular flexibility index (Phi) is 6.32. The molecule has 110 valence electrons. The van der Waals surface area contributed by atoms with Crippen molar-refractivity contribution < 1.29 is 0 Å². The van der Waals surface area contributed by atoms with Gasteiger partial charge in [-0.05, 0) is 50.3 Å². The standard InChI is InChI=1S/C16H31N2P/c1-4-15(5-2)16(6-3)19(17-11-7-8-12-17)18-13-9-10-14-18/h4-14H2,1-3H3. The first-order valence-electron chi connectivity index (χ1n) is 8.32. The van der Waals surface area contributed by atoms with E-state index in [0.717, 1.165) is 0 Å². The summed E-state index contributed by atoms with van der Waals surface area (Å²) in [5.41, 5.74) is 1.74. The zero-order valence-electron chi connectivity index (χ0n) is 13.1. The number of allylic oxidation sites excluding steroid dienone is 2. The lowest BCUT2D eigenvalue weighted by Gasteiger charge is -2.37. The molecular weight excluding hydrogens is 251 g/mol. The summed E-state index contributed by atoms with van der Waals surface area (Å²) in [6, 6.07) is 0. The molecule has 0 N–H and O–H groups in total. The van der Waals surface area contributed by atoms with Crippen LogP contribution in [0.15, 0.2) is 10.9 Å². The van der Waals surface area contributed by atoms with Crippen molar-refractivity contribution in [1.82, 2.24) is 9.34 Å². The fourth-order valence-corrected chi connectivity index (χ4v) is 6.74. The first-order valence-corrected chi connectivity index (χ1v) is 9.57. The monoisotopic (exact) mass is 282 g/mol. The lowest BCUT2D eigenvalue weighted by Crippen LogP contribution is -2.26. The van der Waals surface area contributed by atoms with E-state index in [1.807, 2.05) is 5.31 Å². The molecule has 2 aliphatic rings. The molecule has 2 fully saturated rings. The molecule has 0 aromatic carbocycles. The summed E-state index contributed by atoms with van der Waals surface area (Å²) in [5.74, 6) is 0. The number of hydrogen-bond donors (Lipinski definition) is 0. The van der Waals surface area contributed by atoms with Crippen molar-refractivity contribution in [2.75, 3.05) is 26.2 Å². The topological polar surface area (TPSA) is 6.48 Å². The van der Waals surface area contributed by atoms with Crippen LogP contribution in [0.2, 0.25) is 0 Å². The van der Waals surface area contributed by atoms with E-state index < -0.39 is 0 Å². The third-order valence-corrected chi connectivity index (χ3v) is 7.53. The Labute approximate surface area is 121 Å². The third kappa shape index (κ3) is 3.60. The smallest absolute Gasteiger partial charge is 0.0681 e. The molecule has 0 unspecified atom stereocenters. The van der Waals surface area contributed by atoms with Crippen LogP contribution in [0.25, 0.3) is 0 Å². The molecule has 2 heterocycles. The van der Waals surface area contributed by atoms with Crippen LogP contribution in [0, 0.1) is 0 Å². The molecule has 3 heteroatoms. The molecule has 0 amide bonds. The molecule has 0 bridgehead atoms. The van der Waals surface area contributed by atoms with Crippen LogP contribution >= 0.6 is 8.22 Å². The molecule has 2 saturated heterocycles. The van der Waals surface area contributed by atoms with Crippen LogP contribution in [0.3, 0.4) is 0 Å². The highest BCUT2D eigenvalue weighted by Crippen LogP contribution is 2.57. The summed E-state index contributed by atoms with van der Waals surface area (Å²) < 4.78 is 5.65. The second kappa shape index (κ2) is 7.76. The van der Waals surface area contributed by atoms with E-state index in [1.54, 1.807) is 5.57 Å². The predicted molar refractivity (Wildman–Crippen MR) is 86.4 cm³/mol. The van der Waals surface area contributed by atoms with Crippen molar-refractivity contribution in [3.8, 4) is 0 Å². The van der Waals surface area contributed by atoms with Crippen LogP contribution < -0.4 is 0 Å². The van der Waals surface area contributed by atoms with Crippen LogP contribution in [0.1, 0.15) is 65.7 Å². The van der Waals surface area contributed by atoms with E-state index in [1.165, 1.54) is 71.1 Å². The van der Waals surface area contributed by atoms with Gasteiger partial charge in [-0.15, -0.1) is 0 Å². The molecule has 0 aliphatic carbocycles. The van der Waals surface area contributed by atoms with Gasteiger partial charge in [-0.1, -0.05) is 26.3 Å². The number of hydrogen-bond acceptors (Lipinski definition) is 2. The summed E-state index contributed by atoms with van der Waals surface area (Å²) in [6.07, 6.45) is 9.42. The zero-order valence-corrected chi connectivity index (χ0v) is 14.0. The van der Waals surface area contributed by atoms with Gasteiger partial charge >= 0.3 is 0 Å². The minimum Gasteiger partial charge on any atom is -0.266 e. The van der Waals surface area contributed by atoms with Crippen molar-refractivity contribution in [2.45, 2.75) is 65.7 Å². The Bertz CT molecular complexity index is 280. The van der Waals surface area contributed by atoms with Gasteiger partial charge in [-0.25, -0.2) is 0 Å². The lowest BCUT2D eigenvalue weighted by molar-refractivity contribution is 0.477. The molecule has 2 aliphatic heterocycles. The van der Waals surface area contributed by atoms with Gasteiger partial charge in [-0.3, -0.25) is 9.34 Å². The average Bonchev–Trinajstić information content (AvgIpc) is 3.12. The highest BCUT2D eigenvalue weighted by atomic mass is 31.1. The Hall–Kier alpha value is 0.0900. The van der Waals surface area contributed by atoms with Crippen LogP contribution in [-0.2, 0) is 0 Å². The van der Waals surface area contributed by atoms with E-state index >= 15 is 0 Å². The van der Waals surface area contributed by atoms with Gasteiger partial charge in [-0.2, -0.15) is 0 Å². The van der Waals surface area contributed by atoms with E-state index in [0.29, 0.717) is 0 Å². The molecule has 0 aromatic heterocycles. The second-order valence-electron chi connectivity index (χ2n) is 5.72. The molecule has 0 radical (unpaired) electrons. The maximum Gasteiger partial charge on any atom is 0.0681 e. The molecule has 19 heavy (non-hydrogen) atoms. The number of nitrogens with zero attached hydrogens (tertiary/aromatic N) is 2. The SMILES string of the molecule is CCC(CC)=C(CC)P(N1CCCC1)N1CCCC1. The highest BCUT2D eigenvalue weighted by molar-refractivity contribution is 7.57. The maximum absolute atomic E-state index is 2.82. The Balaban J connectivity index is 2.25. The molecule has 0 saturated carbocycles. The third-order valence-electron chi connectivity index (χ3n) is 4.54. The molecule has 2 rings (SSSR count). The van der Waals surface area contributed by atoms with E-state index in [2.05, 4.69) is 30.1 Å². The summed E-state index contributed by atoms with van der Waals surface area (Å²) >= 11 is 0. The minimum absolute atomic E-state index is 0.131. The average molecular weight is 282 g/mol. The maximum atomic E-state index is 2.82. The lowest BCUT2D eigenvalue weighted by atomic mass is 10.1. The van der Waals surface area contributed by atoms with Gasteiger partial charge in [0.1, 0.15) is 0 Å². The minimum atomic E-state index is -0.131. The molecule has 2 nitrogen and oxygen atoms in total. The van der Waals surface area contributed by atoms with E-state index in [-0.39, 0.29) is 8.22 Å². The van der Waals surface area contributed by atoms with Gasteiger partial charge in [0.25, 0.3) is 0 Å². The van der Waals surface area contributed by atoms with Gasteiger partial charge in [0.05, 0.1) is 8.22 Å². The van der Waals surface area contributed by atoms with Crippen LogP contribution in [0.4, 0.5) is 0 Å². The van der Waals surface area contributed by atoms with Gasteiger partial charge in [0, 0.05) is 26.2 Å². The molecule has 0 spiro atoms. The Morgan fingerprint density at radius 2 is 1.16 bits per heavy atom. The normalized spacial score (nSPS) is 21.5. The largest absolute Gasteiger partial charge is 0.266 e. The fourth-order valence-electron chi connectivity index (χ4n) is 3.49. The van der Waals surface area contributed by atoms with Crippen molar-refractivity contribution in [2.24, 2.45) is 0 Å². The molecular formula is C16H31N2P. The number of rotatable bonds is 6. The van der Waals surface area contributed by atoms with Crippen molar-refractivity contribution in [3.05, 3.63) is 10.9 Å². The molecule has 0 atom stereocenters. The highest BCUT2D eigenvalue weighted by Gasteiger charge is 2.32. The molecule has 0 aromatic rings. The quantitative estimate of drug-likeness (QED) is 0.634. The zero-order chi connectivity index (χ0) is 13.7. The van der Waals surface area contributed by atoms with Crippen LogP contribution in [-0.4, -0.2) is 35.5 Å². The Morgan fingerprint density at radius 3 is 1.47 bits per heavy atom. The van der Waals surface area contributed by atoms with Crippen molar-refractivity contribution in [1.29, 1.82) is 0 Å². The predicted octanol–water partition coefficient (Wildman–Crippen LogP) is 4.97.